The fraction of sp³-hybridized carbons (Fsp3) is 0.267. The fourth-order valence-corrected chi connectivity index (χ4v) is 2.13. The van der Waals surface area contributed by atoms with E-state index >= 15 is 0 Å². The Morgan fingerprint density at radius 3 is 2.26 bits per heavy atom. The average Bonchev–Trinajstić information content (AvgIpc) is 2.75. The van der Waals surface area contributed by atoms with Crippen molar-refractivity contribution in [1.82, 2.24) is 0 Å². The molecule has 1 aromatic heterocycles. The second-order valence-electron chi connectivity index (χ2n) is 5.39. The first-order valence-corrected chi connectivity index (χ1v) is 6.82. The second-order valence-corrected chi connectivity index (χ2v) is 6.11. The third kappa shape index (κ3) is 3.26. The van der Waals surface area contributed by atoms with Crippen LogP contribution in [0.25, 0.3) is 0 Å². The largest absolute Gasteiger partial charge is 0.457 e. The molecule has 0 aliphatic heterocycles. The van der Waals surface area contributed by atoms with Gasteiger partial charge in [-0.3, -0.25) is 4.79 Å². The van der Waals surface area contributed by atoms with Gasteiger partial charge in [-0.15, -0.1) is 0 Å². The minimum absolute atomic E-state index is 0.107. The summed E-state index contributed by atoms with van der Waals surface area (Å²) in [7, 11) is 0. The smallest absolute Gasteiger partial charge is 0.260 e. The zero-order valence-corrected chi connectivity index (χ0v) is 12.7. The van der Waals surface area contributed by atoms with Crippen molar-refractivity contribution >= 4 is 27.5 Å². The first-order valence-electron chi connectivity index (χ1n) is 6.03. The van der Waals surface area contributed by atoms with Crippen LogP contribution in [0.3, 0.4) is 0 Å². The fourth-order valence-electron chi connectivity index (χ4n) is 1.71. The zero-order chi connectivity index (χ0) is 14.0. The van der Waals surface area contributed by atoms with Crippen LogP contribution in [0.2, 0.25) is 0 Å². The third-order valence-corrected chi connectivity index (χ3v) is 3.49. The summed E-state index contributed by atoms with van der Waals surface area (Å²) in [4.78, 5) is 12.0. The Hall–Kier alpha value is -1.55. The van der Waals surface area contributed by atoms with Crippen LogP contribution < -0.4 is 5.32 Å². The minimum Gasteiger partial charge on any atom is -0.457 e. The Kier molecular flexibility index (Phi) is 3.80. The molecule has 0 aliphatic carbocycles. The lowest BCUT2D eigenvalue weighted by Crippen LogP contribution is -2.13. The summed E-state index contributed by atoms with van der Waals surface area (Å²) >= 11 is 3.19. The number of halogens is 1. The van der Waals surface area contributed by atoms with Gasteiger partial charge in [0, 0.05) is 5.69 Å². The molecule has 0 unspecified atom stereocenters. The number of amides is 1. The SMILES string of the molecule is CC(C)(C)c1ccc(NC(=O)c2ccoc2Br)cc1. The summed E-state index contributed by atoms with van der Waals surface area (Å²) in [5.41, 5.74) is 2.59. The molecule has 4 heteroatoms. The molecule has 2 aromatic rings. The molecule has 1 aromatic carbocycles. The van der Waals surface area contributed by atoms with Crippen molar-refractivity contribution in [2.45, 2.75) is 26.2 Å². The van der Waals surface area contributed by atoms with Crippen LogP contribution in [0.5, 0.6) is 0 Å². The number of carbonyl (C=O) groups is 1. The lowest BCUT2D eigenvalue weighted by atomic mass is 9.87. The van der Waals surface area contributed by atoms with Gasteiger partial charge in [0.2, 0.25) is 0 Å². The van der Waals surface area contributed by atoms with Crippen molar-refractivity contribution in [2.24, 2.45) is 0 Å². The number of hydrogen-bond acceptors (Lipinski definition) is 2. The molecule has 0 spiro atoms. The van der Waals surface area contributed by atoms with Gasteiger partial charge in [-0.2, -0.15) is 0 Å². The number of rotatable bonds is 2. The first kappa shape index (κ1) is 13.9. The van der Waals surface area contributed by atoms with Crippen LogP contribution in [-0.2, 0) is 5.41 Å². The van der Waals surface area contributed by atoms with E-state index in [1.165, 1.54) is 11.8 Å². The summed E-state index contributed by atoms with van der Waals surface area (Å²) < 4.78 is 5.48. The quantitative estimate of drug-likeness (QED) is 0.878. The van der Waals surface area contributed by atoms with E-state index in [1.54, 1.807) is 6.07 Å². The van der Waals surface area contributed by atoms with Gasteiger partial charge in [-0.05, 0) is 45.1 Å². The predicted molar refractivity (Wildman–Crippen MR) is 79.5 cm³/mol. The summed E-state index contributed by atoms with van der Waals surface area (Å²) in [5, 5.41) is 2.83. The van der Waals surface area contributed by atoms with Crippen LogP contribution >= 0.6 is 15.9 Å². The van der Waals surface area contributed by atoms with Crippen molar-refractivity contribution in [3.05, 3.63) is 52.4 Å². The number of carbonyl (C=O) groups excluding carboxylic acids is 1. The maximum atomic E-state index is 12.0. The average molecular weight is 322 g/mol. The van der Waals surface area contributed by atoms with E-state index in [1.807, 2.05) is 24.3 Å². The molecule has 0 saturated heterocycles. The van der Waals surface area contributed by atoms with Crippen molar-refractivity contribution in [1.29, 1.82) is 0 Å². The highest BCUT2D eigenvalue weighted by Gasteiger charge is 2.15. The molecule has 0 saturated carbocycles. The molecule has 1 amide bonds. The third-order valence-electron chi connectivity index (χ3n) is 2.87. The number of benzene rings is 1. The van der Waals surface area contributed by atoms with Crippen LogP contribution in [0.4, 0.5) is 5.69 Å². The molecule has 0 aliphatic rings. The Labute approximate surface area is 121 Å². The number of nitrogens with one attached hydrogen (secondary N) is 1. The van der Waals surface area contributed by atoms with Crippen molar-refractivity contribution < 1.29 is 9.21 Å². The van der Waals surface area contributed by atoms with E-state index in [9.17, 15) is 4.79 Å². The zero-order valence-electron chi connectivity index (χ0n) is 11.2. The van der Waals surface area contributed by atoms with Crippen LogP contribution in [-0.4, -0.2) is 5.91 Å². The van der Waals surface area contributed by atoms with Gasteiger partial charge >= 0.3 is 0 Å². The van der Waals surface area contributed by atoms with Gasteiger partial charge in [0.1, 0.15) is 0 Å². The van der Waals surface area contributed by atoms with E-state index < -0.39 is 0 Å². The van der Waals surface area contributed by atoms with E-state index in [-0.39, 0.29) is 11.3 Å². The maximum absolute atomic E-state index is 12.0. The highest BCUT2D eigenvalue weighted by molar-refractivity contribution is 9.10. The minimum atomic E-state index is -0.191. The predicted octanol–water partition coefficient (Wildman–Crippen LogP) is 4.59. The number of hydrogen-bond donors (Lipinski definition) is 1. The normalized spacial score (nSPS) is 11.4. The topological polar surface area (TPSA) is 42.2 Å². The molecular weight excluding hydrogens is 306 g/mol. The van der Waals surface area contributed by atoms with Crippen LogP contribution in [0, 0.1) is 0 Å². The Balaban J connectivity index is 2.12. The highest BCUT2D eigenvalue weighted by atomic mass is 79.9. The molecule has 3 nitrogen and oxygen atoms in total. The van der Waals surface area contributed by atoms with E-state index in [2.05, 4.69) is 42.0 Å². The maximum Gasteiger partial charge on any atom is 0.260 e. The van der Waals surface area contributed by atoms with Gasteiger partial charge in [0.15, 0.2) is 4.67 Å². The Bertz CT molecular complexity index is 579. The summed E-state index contributed by atoms with van der Waals surface area (Å²) in [6, 6.07) is 9.50. The molecular formula is C15H16BrNO2. The van der Waals surface area contributed by atoms with E-state index in [0.29, 0.717) is 10.2 Å². The van der Waals surface area contributed by atoms with Crippen molar-refractivity contribution in [3.63, 3.8) is 0 Å². The van der Waals surface area contributed by atoms with Gasteiger partial charge < -0.3 is 9.73 Å². The molecule has 100 valence electrons. The summed E-state index contributed by atoms with van der Waals surface area (Å²) in [6.45, 7) is 6.47. The molecule has 0 atom stereocenters. The summed E-state index contributed by atoms with van der Waals surface area (Å²) in [5.74, 6) is -0.191. The molecule has 0 bridgehead atoms. The van der Waals surface area contributed by atoms with Crippen LogP contribution in [0.15, 0.2) is 45.7 Å². The molecule has 0 fully saturated rings. The van der Waals surface area contributed by atoms with Gasteiger partial charge in [-0.25, -0.2) is 0 Å². The van der Waals surface area contributed by atoms with Crippen molar-refractivity contribution in [2.75, 3.05) is 5.32 Å². The van der Waals surface area contributed by atoms with Crippen LogP contribution in [0.1, 0.15) is 36.7 Å². The first-order chi connectivity index (χ1) is 8.88. The molecule has 1 heterocycles. The summed E-state index contributed by atoms with van der Waals surface area (Å²) in [6.07, 6.45) is 1.47. The molecule has 2 rings (SSSR count). The Morgan fingerprint density at radius 2 is 1.79 bits per heavy atom. The van der Waals surface area contributed by atoms with E-state index in [0.717, 1.165) is 5.69 Å². The molecule has 19 heavy (non-hydrogen) atoms. The molecule has 1 N–H and O–H groups in total. The van der Waals surface area contributed by atoms with Gasteiger partial charge in [0.25, 0.3) is 5.91 Å². The van der Waals surface area contributed by atoms with Crippen molar-refractivity contribution in [3.8, 4) is 0 Å². The Morgan fingerprint density at radius 1 is 1.16 bits per heavy atom. The highest BCUT2D eigenvalue weighted by Crippen LogP contribution is 2.24. The van der Waals surface area contributed by atoms with Gasteiger partial charge in [0.05, 0.1) is 11.8 Å². The lowest BCUT2D eigenvalue weighted by Gasteiger charge is -2.19. The standard InChI is InChI=1S/C15H16BrNO2/c1-15(2,3)10-4-6-11(7-5-10)17-14(18)12-8-9-19-13(12)16/h4-9H,1-3H3,(H,17,18). The van der Waals surface area contributed by atoms with Gasteiger partial charge in [-0.1, -0.05) is 32.9 Å². The monoisotopic (exact) mass is 321 g/mol. The lowest BCUT2D eigenvalue weighted by molar-refractivity contribution is 0.102. The van der Waals surface area contributed by atoms with E-state index in [4.69, 9.17) is 4.42 Å². The second kappa shape index (κ2) is 5.21. The number of anilines is 1. The molecule has 0 radical (unpaired) electrons. The number of furan rings is 1.